The molecule has 0 radical (unpaired) electrons. The summed E-state index contributed by atoms with van der Waals surface area (Å²) < 4.78 is 9.47. The molecule has 4 heteroatoms. The second kappa shape index (κ2) is 2.62. The Morgan fingerprint density at radius 3 is 2.44 bits per heavy atom. The van der Waals surface area contributed by atoms with E-state index < -0.39 is 18.5 Å². The summed E-state index contributed by atoms with van der Waals surface area (Å²) >= 11 is 0. The number of aliphatic hydroxyl groups is 2. The molecule has 9 heavy (non-hydrogen) atoms. The minimum atomic E-state index is -0.894. The Balaban J connectivity index is 2.41. The Hall–Kier alpha value is -0.160. The summed E-state index contributed by atoms with van der Waals surface area (Å²) in [7, 11) is 1.42. The highest BCUT2D eigenvalue weighted by molar-refractivity contribution is 4.76. The van der Waals surface area contributed by atoms with Gasteiger partial charge in [-0.05, 0) is 0 Å². The van der Waals surface area contributed by atoms with Gasteiger partial charge in [-0.3, -0.25) is 0 Å². The van der Waals surface area contributed by atoms with Gasteiger partial charge in [0.2, 0.25) is 0 Å². The first-order chi connectivity index (χ1) is 4.25. The van der Waals surface area contributed by atoms with Crippen molar-refractivity contribution in [2.75, 3.05) is 13.7 Å². The fraction of sp³-hybridized carbons (Fsp3) is 1.00. The van der Waals surface area contributed by atoms with E-state index in [-0.39, 0.29) is 6.61 Å². The van der Waals surface area contributed by atoms with Crippen LogP contribution in [0.2, 0.25) is 0 Å². The standard InChI is InChI=1S/C5H10O4/c1-8-5-4(7)3(6)2-9-5/h3-7H,2H2,1H3/t3-,4-,5?/m1/s1. The highest BCUT2D eigenvalue weighted by Crippen LogP contribution is 2.13. The molecule has 1 unspecified atom stereocenters. The molecule has 1 rings (SSSR count). The van der Waals surface area contributed by atoms with E-state index in [4.69, 9.17) is 14.9 Å². The van der Waals surface area contributed by atoms with Gasteiger partial charge in [-0.2, -0.15) is 0 Å². The lowest BCUT2D eigenvalue weighted by Crippen LogP contribution is -2.30. The van der Waals surface area contributed by atoms with Crippen molar-refractivity contribution in [1.29, 1.82) is 0 Å². The normalized spacial score (nSPS) is 43.7. The molecule has 1 fully saturated rings. The van der Waals surface area contributed by atoms with E-state index >= 15 is 0 Å². The quantitative estimate of drug-likeness (QED) is 0.468. The summed E-state index contributed by atoms with van der Waals surface area (Å²) in [6.07, 6.45) is -2.34. The van der Waals surface area contributed by atoms with Gasteiger partial charge in [0.05, 0.1) is 6.61 Å². The van der Waals surface area contributed by atoms with Crippen LogP contribution in [0.4, 0.5) is 0 Å². The van der Waals surface area contributed by atoms with Crippen LogP contribution in [-0.4, -0.2) is 42.4 Å². The zero-order valence-corrected chi connectivity index (χ0v) is 5.15. The van der Waals surface area contributed by atoms with Crippen LogP contribution in [0.1, 0.15) is 0 Å². The maximum absolute atomic E-state index is 8.96. The molecule has 0 amide bonds. The third-order valence-electron chi connectivity index (χ3n) is 1.34. The maximum atomic E-state index is 8.96. The van der Waals surface area contributed by atoms with Crippen molar-refractivity contribution >= 4 is 0 Å². The highest BCUT2D eigenvalue weighted by Gasteiger charge is 2.34. The lowest BCUT2D eigenvalue weighted by atomic mass is 10.2. The van der Waals surface area contributed by atoms with Gasteiger partial charge in [-0.1, -0.05) is 0 Å². The van der Waals surface area contributed by atoms with Crippen molar-refractivity contribution in [3.63, 3.8) is 0 Å². The summed E-state index contributed by atoms with van der Waals surface area (Å²) in [5.74, 6) is 0. The Labute approximate surface area is 53.0 Å². The predicted molar refractivity (Wildman–Crippen MR) is 28.8 cm³/mol. The second-order valence-electron chi connectivity index (χ2n) is 2.00. The molecule has 4 nitrogen and oxygen atoms in total. The lowest BCUT2D eigenvalue weighted by molar-refractivity contribution is -0.134. The highest BCUT2D eigenvalue weighted by atomic mass is 16.7. The molecular formula is C5H10O4. The van der Waals surface area contributed by atoms with Crippen LogP contribution in [0.5, 0.6) is 0 Å². The first-order valence-electron chi connectivity index (χ1n) is 2.76. The number of methoxy groups -OCH3 is 1. The van der Waals surface area contributed by atoms with Gasteiger partial charge in [-0.25, -0.2) is 0 Å². The Kier molecular flexibility index (Phi) is 2.02. The molecule has 0 bridgehead atoms. The van der Waals surface area contributed by atoms with Crippen LogP contribution in [0.25, 0.3) is 0 Å². The molecule has 1 saturated heterocycles. The zero-order valence-electron chi connectivity index (χ0n) is 5.15. The summed E-state index contributed by atoms with van der Waals surface area (Å²) in [4.78, 5) is 0. The van der Waals surface area contributed by atoms with E-state index in [0.29, 0.717) is 0 Å². The molecule has 0 aromatic carbocycles. The van der Waals surface area contributed by atoms with Crippen LogP contribution in [0.15, 0.2) is 0 Å². The van der Waals surface area contributed by atoms with Crippen molar-refractivity contribution in [2.45, 2.75) is 18.5 Å². The average molecular weight is 134 g/mol. The molecule has 1 aliphatic heterocycles. The largest absolute Gasteiger partial charge is 0.388 e. The summed E-state index contributed by atoms with van der Waals surface area (Å²) in [6.45, 7) is 0.152. The molecule has 1 heterocycles. The SMILES string of the molecule is COC1OC[C@@H](O)[C@H]1O. The number of hydrogen-bond donors (Lipinski definition) is 2. The number of hydrogen-bond acceptors (Lipinski definition) is 4. The number of rotatable bonds is 1. The van der Waals surface area contributed by atoms with E-state index in [1.54, 1.807) is 0 Å². The average Bonchev–Trinajstić information content (AvgIpc) is 2.15. The van der Waals surface area contributed by atoms with Crippen molar-refractivity contribution in [1.82, 2.24) is 0 Å². The molecular weight excluding hydrogens is 124 g/mol. The Morgan fingerprint density at radius 2 is 2.22 bits per heavy atom. The van der Waals surface area contributed by atoms with Crippen molar-refractivity contribution < 1.29 is 19.7 Å². The molecule has 0 aliphatic carbocycles. The predicted octanol–water partition coefficient (Wildman–Crippen LogP) is -1.29. The van der Waals surface area contributed by atoms with Crippen LogP contribution in [0, 0.1) is 0 Å². The molecule has 1 aliphatic rings. The van der Waals surface area contributed by atoms with Crippen molar-refractivity contribution in [3.05, 3.63) is 0 Å². The maximum Gasteiger partial charge on any atom is 0.185 e. The van der Waals surface area contributed by atoms with Gasteiger partial charge in [0.25, 0.3) is 0 Å². The third-order valence-corrected chi connectivity index (χ3v) is 1.34. The minimum absolute atomic E-state index is 0.152. The van der Waals surface area contributed by atoms with Gasteiger partial charge in [0, 0.05) is 7.11 Å². The first kappa shape index (κ1) is 6.95. The van der Waals surface area contributed by atoms with Crippen LogP contribution in [-0.2, 0) is 9.47 Å². The van der Waals surface area contributed by atoms with Gasteiger partial charge in [-0.15, -0.1) is 0 Å². The fourth-order valence-electron chi connectivity index (χ4n) is 0.779. The summed E-state index contributed by atoms with van der Waals surface area (Å²) in [6, 6.07) is 0. The molecule has 0 spiro atoms. The Bertz CT molecular complexity index is 95.0. The first-order valence-corrected chi connectivity index (χ1v) is 2.76. The van der Waals surface area contributed by atoms with E-state index in [9.17, 15) is 0 Å². The number of ether oxygens (including phenoxy) is 2. The summed E-state index contributed by atoms with van der Waals surface area (Å²) in [5.41, 5.74) is 0. The van der Waals surface area contributed by atoms with Crippen molar-refractivity contribution in [3.8, 4) is 0 Å². The molecule has 0 saturated carbocycles. The molecule has 2 N–H and O–H groups in total. The molecule has 3 atom stereocenters. The van der Waals surface area contributed by atoms with E-state index in [1.807, 2.05) is 0 Å². The zero-order chi connectivity index (χ0) is 6.85. The monoisotopic (exact) mass is 134 g/mol. The van der Waals surface area contributed by atoms with E-state index in [2.05, 4.69) is 4.74 Å². The number of aliphatic hydroxyl groups excluding tert-OH is 2. The smallest absolute Gasteiger partial charge is 0.185 e. The topological polar surface area (TPSA) is 58.9 Å². The molecule has 0 aromatic heterocycles. The van der Waals surface area contributed by atoms with Crippen LogP contribution < -0.4 is 0 Å². The second-order valence-corrected chi connectivity index (χ2v) is 2.00. The lowest BCUT2D eigenvalue weighted by Gasteiger charge is -2.11. The van der Waals surface area contributed by atoms with Gasteiger partial charge >= 0.3 is 0 Å². The van der Waals surface area contributed by atoms with Gasteiger partial charge in [0.15, 0.2) is 6.29 Å². The van der Waals surface area contributed by atoms with Gasteiger partial charge in [0.1, 0.15) is 12.2 Å². The van der Waals surface area contributed by atoms with E-state index in [0.717, 1.165) is 0 Å². The molecule has 0 aromatic rings. The van der Waals surface area contributed by atoms with Gasteiger partial charge < -0.3 is 19.7 Å². The molecule has 54 valence electrons. The third kappa shape index (κ3) is 1.21. The summed E-state index contributed by atoms with van der Waals surface area (Å²) in [5, 5.41) is 17.8. The van der Waals surface area contributed by atoms with Crippen LogP contribution >= 0.6 is 0 Å². The van der Waals surface area contributed by atoms with E-state index in [1.165, 1.54) is 7.11 Å². The van der Waals surface area contributed by atoms with Crippen molar-refractivity contribution in [2.24, 2.45) is 0 Å². The fourth-order valence-corrected chi connectivity index (χ4v) is 0.779. The minimum Gasteiger partial charge on any atom is -0.388 e. The Morgan fingerprint density at radius 1 is 1.56 bits per heavy atom. The van der Waals surface area contributed by atoms with Crippen LogP contribution in [0.3, 0.4) is 0 Å².